The zero-order valence-corrected chi connectivity index (χ0v) is 20.3. The fourth-order valence-corrected chi connectivity index (χ4v) is 5.41. The summed E-state index contributed by atoms with van der Waals surface area (Å²) in [5, 5.41) is 2.37. The molecule has 1 aromatic carbocycles. The molecule has 1 fully saturated rings. The number of carbonyl (C=O) groups excluding carboxylic acids is 2. The van der Waals surface area contributed by atoms with E-state index in [-0.39, 0.29) is 50.1 Å². The third kappa shape index (κ3) is 10.00. The van der Waals surface area contributed by atoms with E-state index in [1.807, 2.05) is 31.2 Å². The van der Waals surface area contributed by atoms with E-state index in [1.54, 1.807) is 6.92 Å². The Balaban J connectivity index is 1.76. The van der Waals surface area contributed by atoms with E-state index in [9.17, 15) is 18.0 Å². The average Bonchev–Trinajstić information content (AvgIpc) is 3.28. The van der Waals surface area contributed by atoms with E-state index >= 15 is 0 Å². The normalized spacial score (nSPS) is 15.1. The lowest BCUT2D eigenvalue weighted by Gasteiger charge is -2.21. The number of nitrogens with one attached hydrogen (secondary N) is 1. The van der Waals surface area contributed by atoms with Gasteiger partial charge in [0.15, 0.2) is 9.84 Å². The van der Waals surface area contributed by atoms with Crippen LogP contribution in [0.3, 0.4) is 0 Å². The number of ether oxygens (including phenoxy) is 3. The van der Waals surface area contributed by atoms with Gasteiger partial charge in [-0.05, 0) is 62.6 Å². The van der Waals surface area contributed by atoms with Gasteiger partial charge >= 0.3 is 6.09 Å². The topological polar surface area (TPSA) is 111 Å². The fourth-order valence-electron chi connectivity index (χ4n) is 3.73. The van der Waals surface area contributed by atoms with Crippen molar-refractivity contribution < 1.29 is 32.2 Å². The molecule has 0 heterocycles. The molecular weight excluding hydrogens is 448 g/mol. The number of sulfone groups is 1. The van der Waals surface area contributed by atoms with Gasteiger partial charge in [-0.25, -0.2) is 13.2 Å². The van der Waals surface area contributed by atoms with Crippen molar-refractivity contribution in [1.29, 1.82) is 0 Å². The predicted octanol–water partition coefficient (Wildman–Crippen LogP) is 3.05. The van der Waals surface area contributed by atoms with Gasteiger partial charge in [-0.15, -0.1) is 0 Å². The van der Waals surface area contributed by atoms with Crippen LogP contribution in [0.4, 0.5) is 4.79 Å². The minimum atomic E-state index is -3.29. The van der Waals surface area contributed by atoms with Gasteiger partial charge in [0, 0.05) is 6.61 Å². The van der Waals surface area contributed by atoms with Crippen molar-refractivity contribution in [1.82, 2.24) is 10.2 Å². The molecule has 1 aromatic rings. The summed E-state index contributed by atoms with van der Waals surface area (Å²) >= 11 is 0. The van der Waals surface area contributed by atoms with Gasteiger partial charge in [0.2, 0.25) is 6.41 Å². The van der Waals surface area contributed by atoms with Crippen LogP contribution in [0.25, 0.3) is 0 Å². The minimum Gasteiger partial charge on any atom is -0.490 e. The van der Waals surface area contributed by atoms with Crippen LogP contribution in [0.2, 0.25) is 0 Å². The number of hydrogen-bond donors (Lipinski definition) is 1. The molecule has 0 radical (unpaired) electrons. The second kappa shape index (κ2) is 14.0. The Morgan fingerprint density at radius 3 is 2.76 bits per heavy atom. The SMILES string of the molecule is CCOC(=O)N(CNC=O)COCCCS(=O)(=O)C[C@H](C)c1cccc(OC2CCCC2)c1. The van der Waals surface area contributed by atoms with Gasteiger partial charge in [0.25, 0.3) is 0 Å². The predicted molar refractivity (Wildman–Crippen MR) is 125 cm³/mol. The Morgan fingerprint density at radius 1 is 1.30 bits per heavy atom. The Hall–Kier alpha value is -2.33. The van der Waals surface area contributed by atoms with Crippen molar-refractivity contribution in [3.63, 3.8) is 0 Å². The van der Waals surface area contributed by atoms with Crippen molar-refractivity contribution in [3.05, 3.63) is 29.8 Å². The summed E-state index contributed by atoms with van der Waals surface area (Å²) in [6.45, 7) is 3.78. The molecule has 0 spiro atoms. The van der Waals surface area contributed by atoms with Gasteiger partial charge in [0.1, 0.15) is 12.5 Å². The first kappa shape index (κ1) is 26.9. The number of carbonyl (C=O) groups is 2. The zero-order valence-electron chi connectivity index (χ0n) is 19.5. The lowest BCUT2D eigenvalue weighted by molar-refractivity contribution is -0.110. The molecule has 2 rings (SSSR count). The molecule has 0 saturated heterocycles. The van der Waals surface area contributed by atoms with Crippen molar-refractivity contribution >= 4 is 22.3 Å². The molecule has 0 unspecified atom stereocenters. The molecular formula is C23H36N2O7S. The van der Waals surface area contributed by atoms with Gasteiger partial charge in [-0.3, -0.25) is 9.69 Å². The van der Waals surface area contributed by atoms with E-state index < -0.39 is 15.9 Å². The minimum absolute atomic E-state index is 0.0123. The maximum absolute atomic E-state index is 12.6. The second-order valence-electron chi connectivity index (χ2n) is 8.22. The highest BCUT2D eigenvalue weighted by molar-refractivity contribution is 7.91. The van der Waals surface area contributed by atoms with E-state index in [2.05, 4.69) is 5.32 Å². The van der Waals surface area contributed by atoms with Gasteiger partial charge in [0.05, 0.1) is 30.9 Å². The first-order valence-corrected chi connectivity index (χ1v) is 13.3. The monoisotopic (exact) mass is 484 g/mol. The van der Waals surface area contributed by atoms with E-state index in [0.29, 0.717) is 12.8 Å². The highest BCUT2D eigenvalue weighted by Gasteiger charge is 2.20. The smallest absolute Gasteiger partial charge is 0.413 e. The van der Waals surface area contributed by atoms with Crippen LogP contribution in [0, 0.1) is 0 Å². The van der Waals surface area contributed by atoms with Crippen LogP contribution in [0.5, 0.6) is 5.75 Å². The Labute approximate surface area is 196 Å². The summed E-state index contributed by atoms with van der Waals surface area (Å²) in [6, 6.07) is 7.71. The summed E-state index contributed by atoms with van der Waals surface area (Å²) in [6.07, 6.45) is 4.94. The summed E-state index contributed by atoms with van der Waals surface area (Å²) in [7, 11) is -3.29. The maximum atomic E-state index is 12.6. The first-order valence-electron chi connectivity index (χ1n) is 11.5. The third-order valence-corrected chi connectivity index (χ3v) is 7.34. The Kier molecular flexibility index (Phi) is 11.5. The van der Waals surface area contributed by atoms with Crippen LogP contribution in [-0.2, 0) is 24.1 Å². The maximum Gasteiger partial charge on any atom is 0.413 e. The molecule has 0 bridgehead atoms. The number of nitrogens with zero attached hydrogens (tertiary/aromatic N) is 1. The highest BCUT2D eigenvalue weighted by atomic mass is 32.2. The van der Waals surface area contributed by atoms with Crippen molar-refractivity contribution in [2.75, 3.05) is 38.1 Å². The molecule has 2 amide bonds. The van der Waals surface area contributed by atoms with Crippen LogP contribution in [0.15, 0.2) is 24.3 Å². The van der Waals surface area contributed by atoms with Crippen LogP contribution in [0.1, 0.15) is 57.4 Å². The quantitative estimate of drug-likeness (QED) is 0.231. The summed E-state index contributed by atoms with van der Waals surface area (Å²) in [5.74, 6) is 0.670. The largest absolute Gasteiger partial charge is 0.490 e. The molecule has 10 heteroatoms. The zero-order chi connectivity index (χ0) is 24.1. The summed E-state index contributed by atoms with van der Waals surface area (Å²) in [4.78, 5) is 23.4. The van der Waals surface area contributed by atoms with Crippen LogP contribution < -0.4 is 10.1 Å². The lowest BCUT2D eigenvalue weighted by Crippen LogP contribution is -2.40. The fraction of sp³-hybridized carbons (Fsp3) is 0.652. The molecule has 1 aliphatic carbocycles. The van der Waals surface area contributed by atoms with E-state index in [4.69, 9.17) is 14.2 Å². The lowest BCUT2D eigenvalue weighted by atomic mass is 10.0. The van der Waals surface area contributed by atoms with Gasteiger partial charge in [-0.1, -0.05) is 19.1 Å². The first-order chi connectivity index (χ1) is 15.8. The van der Waals surface area contributed by atoms with Crippen molar-refractivity contribution in [2.45, 2.75) is 58.0 Å². The molecule has 0 aliphatic heterocycles. The number of benzene rings is 1. The molecule has 1 saturated carbocycles. The number of hydrogen-bond acceptors (Lipinski definition) is 7. The molecule has 1 N–H and O–H groups in total. The number of amides is 2. The van der Waals surface area contributed by atoms with Crippen molar-refractivity contribution in [3.8, 4) is 5.75 Å². The number of rotatable bonds is 15. The molecule has 1 aliphatic rings. The van der Waals surface area contributed by atoms with Gasteiger partial charge in [-0.2, -0.15) is 0 Å². The summed E-state index contributed by atoms with van der Waals surface area (Å²) in [5.41, 5.74) is 0.943. The summed E-state index contributed by atoms with van der Waals surface area (Å²) < 4.78 is 41.5. The molecule has 1 atom stereocenters. The van der Waals surface area contributed by atoms with Crippen LogP contribution in [-0.4, -0.2) is 70.0 Å². The standard InChI is InChI=1S/C23H36N2O7S/c1-3-31-23(27)25(16-24-17-26)18-30-12-7-13-33(28,29)15-19(2)20-8-6-11-22(14-20)32-21-9-4-5-10-21/h6,8,11,14,17,19,21H,3-5,7,9-10,12-13,15-16,18H2,1-2H3,(H,24,26)/t19-/m0/s1. The van der Waals surface area contributed by atoms with Crippen LogP contribution >= 0.6 is 0 Å². The van der Waals surface area contributed by atoms with Gasteiger partial charge < -0.3 is 19.5 Å². The van der Waals surface area contributed by atoms with E-state index in [0.717, 1.165) is 24.2 Å². The molecule has 186 valence electrons. The van der Waals surface area contributed by atoms with Crippen molar-refractivity contribution in [2.24, 2.45) is 0 Å². The second-order valence-corrected chi connectivity index (χ2v) is 10.5. The Morgan fingerprint density at radius 2 is 2.06 bits per heavy atom. The van der Waals surface area contributed by atoms with E-state index in [1.165, 1.54) is 17.7 Å². The molecule has 9 nitrogen and oxygen atoms in total. The third-order valence-electron chi connectivity index (χ3n) is 5.42. The molecule has 33 heavy (non-hydrogen) atoms. The Bertz CT molecular complexity index is 841. The highest BCUT2D eigenvalue weighted by Crippen LogP contribution is 2.27. The average molecular weight is 485 g/mol. The molecule has 0 aromatic heterocycles.